The van der Waals surface area contributed by atoms with Crippen LogP contribution in [0, 0.1) is 27.7 Å². The molecule has 2 N–H and O–H groups in total. The number of anilines is 4. The van der Waals surface area contributed by atoms with Crippen LogP contribution in [0.5, 0.6) is 0 Å². The summed E-state index contributed by atoms with van der Waals surface area (Å²) in [6.07, 6.45) is 9.74. The molecule has 2 aromatic carbocycles. The van der Waals surface area contributed by atoms with Gasteiger partial charge in [-0.15, -0.1) is 0 Å². The number of carbonyl (C=O) groups excluding carboxylic acids is 1. The third kappa shape index (κ3) is 7.62. The van der Waals surface area contributed by atoms with Crippen LogP contribution in [0.15, 0.2) is 48.8 Å². The summed E-state index contributed by atoms with van der Waals surface area (Å²) < 4.78 is 15.7. The highest BCUT2D eigenvalue weighted by Gasteiger charge is 2.41. The van der Waals surface area contributed by atoms with Crippen LogP contribution < -0.4 is 10.6 Å². The largest absolute Gasteiger partial charge is 0.348 e. The van der Waals surface area contributed by atoms with Crippen molar-refractivity contribution in [2.75, 3.05) is 23.8 Å². The van der Waals surface area contributed by atoms with Crippen LogP contribution in [-0.4, -0.2) is 64.3 Å². The Kier molecular flexibility index (Phi) is 10.5. The summed E-state index contributed by atoms with van der Waals surface area (Å²) in [5.74, 6) is 1.39. The number of benzene rings is 2. The van der Waals surface area contributed by atoms with Crippen LogP contribution in [0.3, 0.4) is 0 Å². The van der Waals surface area contributed by atoms with Gasteiger partial charge in [-0.25, -0.2) is 19.3 Å². The molecule has 4 aromatic heterocycles. The number of fused-ring (bicyclic) bond motifs is 2. The summed E-state index contributed by atoms with van der Waals surface area (Å²) in [7, 11) is 0. The molecule has 2 aliphatic carbocycles. The van der Waals surface area contributed by atoms with E-state index in [1.807, 2.05) is 15.4 Å². The molecule has 1 spiro atoms. The van der Waals surface area contributed by atoms with Crippen LogP contribution in [0.2, 0.25) is 10.6 Å². The fraction of sp³-hybridized carbons (Fsp3) is 0.425. The van der Waals surface area contributed by atoms with Gasteiger partial charge >= 0.3 is 0 Å². The van der Waals surface area contributed by atoms with Crippen molar-refractivity contribution in [1.82, 2.24) is 39.5 Å². The second kappa shape index (κ2) is 15.4. The molecule has 9 rings (SSSR count). The predicted molar refractivity (Wildman–Crippen MR) is 214 cm³/mol. The molecule has 55 heavy (non-hydrogen) atoms. The molecule has 15 heteroatoms. The third-order valence-corrected chi connectivity index (χ3v) is 11.4. The normalized spacial score (nSPS) is 17.5. The number of ketones is 1. The molecule has 3 aliphatic rings. The summed E-state index contributed by atoms with van der Waals surface area (Å²) in [5.41, 5.74) is 8.18. The Balaban J connectivity index is 0.000000156. The van der Waals surface area contributed by atoms with E-state index in [1.165, 1.54) is 0 Å². The number of hydrogen-bond donors (Lipinski definition) is 2. The Morgan fingerprint density at radius 2 is 1.09 bits per heavy atom. The van der Waals surface area contributed by atoms with E-state index >= 15 is 0 Å². The van der Waals surface area contributed by atoms with Crippen molar-refractivity contribution >= 4 is 74.1 Å². The molecule has 1 saturated heterocycles. The number of nitrogens with zero attached hydrogens (tertiary/aromatic N) is 8. The first kappa shape index (κ1) is 37.2. The second-order valence-corrected chi connectivity index (χ2v) is 15.4. The maximum atomic E-state index is 11.6. The molecular formula is C40H44Cl2N10O3. The fourth-order valence-electron chi connectivity index (χ4n) is 8.00. The van der Waals surface area contributed by atoms with Crippen LogP contribution in [0.1, 0.15) is 85.7 Å². The molecule has 1 aliphatic heterocycles. The average Bonchev–Trinajstić information content (AvgIpc) is 3.88. The molecule has 0 radical (unpaired) electrons. The van der Waals surface area contributed by atoms with Gasteiger partial charge in [-0.1, -0.05) is 36.4 Å². The quantitative estimate of drug-likeness (QED) is 0.156. The van der Waals surface area contributed by atoms with E-state index in [2.05, 4.69) is 88.6 Å². The van der Waals surface area contributed by atoms with Crippen LogP contribution in [0.25, 0.3) is 22.1 Å². The van der Waals surface area contributed by atoms with Crippen molar-refractivity contribution in [1.29, 1.82) is 0 Å². The molecule has 0 bridgehead atoms. The Morgan fingerprint density at radius 1 is 0.673 bits per heavy atom. The zero-order valence-electron chi connectivity index (χ0n) is 31.4. The number of carbonyl (C=O) groups is 1. The number of Topliss-reactive ketones (excluding diaryl/α,β-unsaturated/α-hetero) is 1. The minimum atomic E-state index is -0.397. The van der Waals surface area contributed by atoms with Gasteiger partial charge in [0.25, 0.3) is 0 Å². The molecule has 0 atom stereocenters. The Morgan fingerprint density at radius 3 is 1.53 bits per heavy atom. The van der Waals surface area contributed by atoms with E-state index < -0.39 is 5.79 Å². The lowest BCUT2D eigenvalue weighted by atomic mass is 9.90. The summed E-state index contributed by atoms with van der Waals surface area (Å²) in [6.45, 7) is 9.67. The van der Waals surface area contributed by atoms with E-state index in [9.17, 15) is 4.79 Å². The SMILES string of the molecule is Cc1cccc(C)c1Nc1nn(C2CCC(=O)CC2)c2nc(Cl)ncc12.Cc1cccc(C)c1Nc1nn(C2CCC3(CC2)OCCO3)c2nc(Cl)ncc12. The van der Waals surface area contributed by atoms with Crippen LogP contribution >= 0.6 is 23.2 Å². The smallest absolute Gasteiger partial charge is 0.224 e. The molecule has 3 fully saturated rings. The average molecular weight is 784 g/mol. The standard InChI is InChI=1S/C21H24ClN5O2.C19H20ClN5O/c1-13-4-3-5-14(2)17(13)24-18-16-12-23-20(22)25-19(16)27(26-18)15-6-8-21(9-7-15)28-10-11-29-21;1-11-4-3-5-12(2)16(11)22-17-15-10-21-19(20)23-18(15)25(24-17)13-6-8-14(26)9-7-13/h3-5,12,15H,6-11H2,1-2H3,(H,24,26);3-5,10,13H,6-9H2,1-2H3,(H,22,24). The number of rotatable bonds is 6. The van der Waals surface area contributed by atoms with Crippen LogP contribution in [0.4, 0.5) is 23.0 Å². The zero-order chi connectivity index (χ0) is 38.3. The van der Waals surface area contributed by atoms with Gasteiger partial charge in [-0.2, -0.15) is 20.2 Å². The highest BCUT2D eigenvalue weighted by Crippen LogP contribution is 2.42. The monoisotopic (exact) mass is 782 g/mol. The summed E-state index contributed by atoms with van der Waals surface area (Å²) in [5, 5.41) is 18.8. The summed E-state index contributed by atoms with van der Waals surface area (Å²) >= 11 is 12.2. The molecule has 13 nitrogen and oxygen atoms in total. The maximum Gasteiger partial charge on any atom is 0.224 e. The number of para-hydroxylation sites is 2. The van der Waals surface area contributed by atoms with Crippen molar-refractivity contribution < 1.29 is 14.3 Å². The molecular weight excluding hydrogens is 739 g/mol. The van der Waals surface area contributed by atoms with Gasteiger partial charge in [0, 0.05) is 49.5 Å². The first-order valence-corrected chi connectivity index (χ1v) is 19.6. The molecule has 5 heterocycles. The number of ether oxygens (including phenoxy) is 2. The van der Waals surface area contributed by atoms with Crippen molar-refractivity contribution in [3.05, 3.63) is 81.6 Å². The Hall–Kier alpha value is -4.69. The van der Waals surface area contributed by atoms with Crippen molar-refractivity contribution in [2.24, 2.45) is 0 Å². The van der Waals surface area contributed by atoms with E-state index in [-0.39, 0.29) is 22.7 Å². The van der Waals surface area contributed by atoms with Gasteiger partial charge in [0.05, 0.1) is 36.1 Å². The van der Waals surface area contributed by atoms with Crippen molar-refractivity contribution in [3.63, 3.8) is 0 Å². The number of halogens is 2. The summed E-state index contributed by atoms with van der Waals surface area (Å²) in [4.78, 5) is 28.8. The number of aromatic nitrogens is 8. The second-order valence-electron chi connectivity index (χ2n) is 14.7. The van der Waals surface area contributed by atoms with Gasteiger partial charge in [-0.3, -0.25) is 4.79 Å². The molecule has 2 saturated carbocycles. The highest BCUT2D eigenvalue weighted by molar-refractivity contribution is 6.28. The minimum absolute atomic E-state index is 0.148. The Labute approximate surface area is 329 Å². The van der Waals surface area contributed by atoms with E-state index in [0.29, 0.717) is 43.3 Å². The number of aryl methyl sites for hydroxylation is 4. The number of hydrogen-bond acceptors (Lipinski definition) is 11. The lowest BCUT2D eigenvalue weighted by molar-refractivity contribution is -0.181. The van der Waals surface area contributed by atoms with Crippen LogP contribution in [-0.2, 0) is 14.3 Å². The molecule has 286 valence electrons. The van der Waals surface area contributed by atoms with Gasteiger partial charge in [0.15, 0.2) is 28.7 Å². The number of nitrogens with one attached hydrogen (secondary N) is 2. The molecule has 0 amide bonds. The maximum absolute atomic E-state index is 11.6. The van der Waals surface area contributed by atoms with Gasteiger partial charge in [0.2, 0.25) is 10.6 Å². The van der Waals surface area contributed by atoms with Gasteiger partial charge < -0.3 is 20.1 Å². The first-order valence-electron chi connectivity index (χ1n) is 18.8. The zero-order valence-corrected chi connectivity index (χ0v) is 32.9. The topological polar surface area (TPSA) is 147 Å². The van der Waals surface area contributed by atoms with Gasteiger partial charge in [-0.05, 0) is 98.8 Å². The molecule has 0 unspecified atom stereocenters. The van der Waals surface area contributed by atoms with E-state index in [4.69, 9.17) is 42.9 Å². The third-order valence-electron chi connectivity index (χ3n) is 11.0. The lowest BCUT2D eigenvalue weighted by Crippen LogP contribution is -2.36. The summed E-state index contributed by atoms with van der Waals surface area (Å²) in [6, 6.07) is 12.8. The van der Waals surface area contributed by atoms with Crippen molar-refractivity contribution in [2.45, 2.75) is 96.9 Å². The highest BCUT2D eigenvalue weighted by atomic mass is 35.5. The van der Waals surface area contributed by atoms with Crippen molar-refractivity contribution in [3.8, 4) is 0 Å². The Bertz CT molecular complexity index is 2330. The fourth-order valence-corrected chi connectivity index (χ4v) is 8.26. The lowest BCUT2D eigenvalue weighted by Gasteiger charge is -2.35. The molecule has 6 aromatic rings. The first-order chi connectivity index (χ1) is 26.6. The predicted octanol–water partition coefficient (Wildman–Crippen LogP) is 9.22. The van der Waals surface area contributed by atoms with E-state index in [1.54, 1.807) is 12.4 Å². The van der Waals surface area contributed by atoms with E-state index in [0.717, 1.165) is 94.4 Å². The van der Waals surface area contributed by atoms with Gasteiger partial charge in [0.1, 0.15) is 5.78 Å². The minimum Gasteiger partial charge on any atom is -0.348 e.